The van der Waals surface area contributed by atoms with E-state index in [0.29, 0.717) is 23.8 Å². The summed E-state index contributed by atoms with van der Waals surface area (Å²) in [6.07, 6.45) is 4.50. The Kier molecular flexibility index (Phi) is 4.59. The van der Waals surface area contributed by atoms with Crippen LogP contribution in [0.5, 0.6) is 0 Å². The smallest absolute Gasteiger partial charge is 0.312 e. The molecule has 28 heavy (non-hydrogen) atoms. The fraction of sp³-hybridized carbons (Fsp3) is 0.609. The van der Waals surface area contributed by atoms with E-state index in [1.54, 1.807) is 26.0 Å². The maximum Gasteiger partial charge on any atom is 0.312 e. The van der Waals surface area contributed by atoms with Crippen molar-refractivity contribution in [2.75, 3.05) is 0 Å². The van der Waals surface area contributed by atoms with Crippen molar-refractivity contribution in [2.45, 2.75) is 70.9 Å². The number of ketones is 1. The summed E-state index contributed by atoms with van der Waals surface area (Å²) in [7, 11) is 0. The molecule has 5 heteroatoms. The van der Waals surface area contributed by atoms with Crippen LogP contribution in [-0.2, 0) is 14.3 Å². The van der Waals surface area contributed by atoms with E-state index < -0.39 is 11.5 Å². The number of hydrogen-bond donors (Lipinski definition) is 1. The van der Waals surface area contributed by atoms with Gasteiger partial charge in [-0.25, -0.2) is 0 Å². The molecule has 0 heterocycles. The molecule has 0 saturated heterocycles. The standard InChI is InChI=1S/C23H29NO4/c1-14-4-6-19(7-5-14)20(26)15(2)28-21(27)22-9-17-8-18(10-22)12-23(11-17,13-22)24-16(3)25/h4-7,15,17-18H,8-13H2,1-3H3,(H,24,25)/t15-,17+,18+,22?,23?/m1/s1. The van der Waals surface area contributed by atoms with Crippen LogP contribution in [0.3, 0.4) is 0 Å². The highest BCUT2D eigenvalue weighted by molar-refractivity contribution is 6.00. The Hall–Kier alpha value is -2.17. The van der Waals surface area contributed by atoms with Crippen molar-refractivity contribution in [1.29, 1.82) is 0 Å². The molecule has 0 radical (unpaired) electrons. The Bertz CT molecular complexity index is 798. The lowest BCUT2D eigenvalue weighted by Gasteiger charge is -2.60. The number of ether oxygens (including phenoxy) is 1. The lowest BCUT2D eigenvalue weighted by molar-refractivity contribution is -0.178. The fourth-order valence-corrected chi connectivity index (χ4v) is 6.31. The van der Waals surface area contributed by atoms with E-state index in [-0.39, 0.29) is 23.2 Å². The number of benzene rings is 1. The van der Waals surface area contributed by atoms with Crippen molar-refractivity contribution in [3.63, 3.8) is 0 Å². The Morgan fingerprint density at radius 1 is 1.07 bits per heavy atom. The van der Waals surface area contributed by atoms with Crippen LogP contribution < -0.4 is 5.32 Å². The molecule has 4 aliphatic rings. The summed E-state index contributed by atoms with van der Waals surface area (Å²) in [6, 6.07) is 7.33. The Labute approximate surface area is 166 Å². The quantitative estimate of drug-likeness (QED) is 0.623. The van der Waals surface area contributed by atoms with Gasteiger partial charge in [0.1, 0.15) is 0 Å². The van der Waals surface area contributed by atoms with Crippen molar-refractivity contribution in [1.82, 2.24) is 5.32 Å². The SMILES string of the molecule is CC(=O)NC12C[C@H]3C[C@H](C1)CC(C(=O)O[C@H](C)C(=O)c1ccc(C)cc1)(C3)C2. The minimum Gasteiger partial charge on any atom is -0.454 e. The molecule has 0 aromatic heterocycles. The lowest BCUT2D eigenvalue weighted by atomic mass is 9.47. The van der Waals surface area contributed by atoms with Gasteiger partial charge in [-0.2, -0.15) is 0 Å². The molecule has 150 valence electrons. The van der Waals surface area contributed by atoms with Crippen LogP contribution in [0.25, 0.3) is 0 Å². The van der Waals surface area contributed by atoms with E-state index in [2.05, 4.69) is 5.32 Å². The number of esters is 1. The number of amides is 1. The molecule has 4 bridgehead atoms. The molecular weight excluding hydrogens is 354 g/mol. The van der Waals surface area contributed by atoms with Gasteiger partial charge in [-0.05, 0) is 64.2 Å². The van der Waals surface area contributed by atoms with E-state index in [0.717, 1.165) is 37.7 Å². The zero-order valence-corrected chi connectivity index (χ0v) is 16.9. The monoisotopic (exact) mass is 383 g/mol. The third-order valence-corrected chi connectivity index (χ3v) is 6.92. The van der Waals surface area contributed by atoms with Crippen LogP contribution in [-0.4, -0.2) is 29.3 Å². The van der Waals surface area contributed by atoms with Gasteiger partial charge in [0.05, 0.1) is 5.41 Å². The van der Waals surface area contributed by atoms with Crippen LogP contribution in [0.1, 0.15) is 68.3 Å². The summed E-state index contributed by atoms with van der Waals surface area (Å²) in [5.74, 6) is 0.430. The second kappa shape index (κ2) is 6.71. The number of rotatable bonds is 5. The summed E-state index contributed by atoms with van der Waals surface area (Å²) in [5.41, 5.74) is 0.803. The van der Waals surface area contributed by atoms with Gasteiger partial charge >= 0.3 is 5.97 Å². The number of carbonyl (C=O) groups excluding carboxylic acids is 3. The Balaban J connectivity index is 1.50. The Morgan fingerprint density at radius 2 is 1.68 bits per heavy atom. The molecule has 4 saturated carbocycles. The highest BCUT2D eigenvalue weighted by atomic mass is 16.5. The first-order chi connectivity index (χ1) is 13.2. The molecule has 5 nitrogen and oxygen atoms in total. The van der Waals surface area contributed by atoms with Gasteiger partial charge in [-0.1, -0.05) is 29.8 Å². The first kappa shape index (κ1) is 19.2. The largest absolute Gasteiger partial charge is 0.454 e. The van der Waals surface area contributed by atoms with Gasteiger partial charge in [-0.15, -0.1) is 0 Å². The summed E-state index contributed by atoms with van der Waals surface area (Å²) in [6.45, 7) is 5.17. The van der Waals surface area contributed by atoms with Gasteiger partial charge in [0.2, 0.25) is 11.7 Å². The molecule has 1 amide bonds. The average molecular weight is 383 g/mol. The van der Waals surface area contributed by atoms with Crippen LogP contribution in [0.2, 0.25) is 0 Å². The van der Waals surface area contributed by atoms with Crippen molar-refractivity contribution < 1.29 is 19.1 Å². The third kappa shape index (κ3) is 3.36. The maximum absolute atomic E-state index is 13.2. The van der Waals surface area contributed by atoms with Gasteiger partial charge < -0.3 is 10.1 Å². The zero-order chi connectivity index (χ0) is 20.1. The summed E-state index contributed by atoms with van der Waals surface area (Å²) < 4.78 is 5.73. The topological polar surface area (TPSA) is 72.5 Å². The minimum absolute atomic E-state index is 0.0339. The first-order valence-electron chi connectivity index (χ1n) is 10.3. The highest BCUT2D eigenvalue weighted by Gasteiger charge is 2.61. The number of Topliss-reactive ketones (excluding diaryl/α,β-unsaturated/α-hetero) is 1. The second-order valence-corrected chi connectivity index (χ2v) is 9.48. The van der Waals surface area contributed by atoms with E-state index >= 15 is 0 Å². The number of carbonyl (C=O) groups is 3. The predicted molar refractivity (Wildman–Crippen MR) is 105 cm³/mol. The summed E-state index contributed by atoms with van der Waals surface area (Å²) in [5, 5.41) is 3.16. The molecule has 1 aromatic rings. The van der Waals surface area contributed by atoms with Gasteiger partial charge in [0.25, 0.3) is 0 Å². The minimum atomic E-state index is -0.806. The van der Waals surface area contributed by atoms with Crippen molar-refractivity contribution in [2.24, 2.45) is 17.3 Å². The van der Waals surface area contributed by atoms with E-state index in [1.807, 2.05) is 19.1 Å². The molecule has 0 aliphatic heterocycles. The third-order valence-electron chi connectivity index (χ3n) is 6.92. The number of aryl methyl sites for hydroxylation is 1. The Morgan fingerprint density at radius 3 is 2.25 bits per heavy atom. The maximum atomic E-state index is 13.2. The molecule has 3 atom stereocenters. The second-order valence-electron chi connectivity index (χ2n) is 9.48. The van der Waals surface area contributed by atoms with E-state index in [1.165, 1.54) is 0 Å². The first-order valence-corrected chi connectivity index (χ1v) is 10.3. The zero-order valence-electron chi connectivity index (χ0n) is 16.9. The molecule has 0 unspecified atom stereocenters. The van der Waals surface area contributed by atoms with Crippen LogP contribution in [0, 0.1) is 24.2 Å². The summed E-state index contributed by atoms with van der Waals surface area (Å²) >= 11 is 0. The molecule has 1 N–H and O–H groups in total. The highest BCUT2D eigenvalue weighted by Crippen LogP contribution is 2.62. The molecule has 4 aliphatic carbocycles. The molecule has 1 aromatic carbocycles. The summed E-state index contributed by atoms with van der Waals surface area (Å²) in [4.78, 5) is 37.7. The van der Waals surface area contributed by atoms with Crippen LogP contribution in [0.15, 0.2) is 24.3 Å². The van der Waals surface area contributed by atoms with Gasteiger partial charge in [0.15, 0.2) is 6.10 Å². The fourth-order valence-electron chi connectivity index (χ4n) is 6.31. The van der Waals surface area contributed by atoms with Gasteiger partial charge in [-0.3, -0.25) is 14.4 Å². The lowest BCUT2D eigenvalue weighted by Crippen LogP contribution is -2.64. The van der Waals surface area contributed by atoms with E-state index in [4.69, 9.17) is 4.74 Å². The van der Waals surface area contributed by atoms with Gasteiger partial charge in [0, 0.05) is 18.0 Å². The molecule has 4 fully saturated rings. The molecular formula is C23H29NO4. The van der Waals surface area contributed by atoms with Crippen LogP contribution in [0.4, 0.5) is 0 Å². The van der Waals surface area contributed by atoms with Crippen LogP contribution >= 0.6 is 0 Å². The van der Waals surface area contributed by atoms with Crippen molar-refractivity contribution in [3.8, 4) is 0 Å². The molecule has 0 spiro atoms. The van der Waals surface area contributed by atoms with Crippen molar-refractivity contribution in [3.05, 3.63) is 35.4 Å². The number of hydrogen-bond acceptors (Lipinski definition) is 4. The average Bonchev–Trinajstić information content (AvgIpc) is 2.59. The predicted octanol–water partition coefficient (Wildman–Crippen LogP) is 3.58. The number of nitrogens with one attached hydrogen (secondary N) is 1. The normalized spacial score (nSPS) is 34.0. The van der Waals surface area contributed by atoms with E-state index in [9.17, 15) is 14.4 Å². The van der Waals surface area contributed by atoms with Crippen molar-refractivity contribution >= 4 is 17.7 Å². The molecule has 5 rings (SSSR count).